The monoisotopic (exact) mass is 382 g/mol. The van der Waals surface area contributed by atoms with Crippen molar-refractivity contribution < 1.29 is 22.1 Å². The largest absolute Gasteiger partial charge is 0.496 e. The fraction of sp³-hybridized carbons (Fsp3) is 0.0476. The molecule has 6 heteroatoms. The van der Waals surface area contributed by atoms with Crippen molar-refractivity contribution in [1.29, 1.82) is 0 Å². The molecule has 1 N–H and O–H groups in total. The molecule has 0 spiro atoms. The Morgan fingerprint density at radius 3 is 2.30 bits per heavy atom. The Bertz CT molecular complexity index is 1300. The molecule has 0 amide bonds. The van der Waals surface area contributed by atoms with Gasteiger partial charge in [0.1, 0.15) is 16.5 Å². The molecule has 0 fully saturated rings. The number of ether oxygens (including phenoxy) is 1. The molecule has 4 nitrogen and oxygen atoms in total. The molecule has 4 rings (SSSR count). The lowest BCUT2D eigenvalue weighted by molar-refractivity contribution is 0.417. The summed E-state index contributed by atoms with van der Waals surface area (Å²) in [4.78, 5) is -0.226. The van der Waals surface area contributed by atoms with E-state index in [0.29, 0.717) is 33.0 Å². The average Bonchev–Trinajstić information content (AvgIpc) is 2.65. The summed E-state index contributed by atoms with van der Waals surface area (Å²) in [6.45, 7) is 0. The van der Waals surface area contributed by atoms with Gasteiger partial charge >= 0.3 is 0 Å². The highest BCUT2D eigenvalue weighted by atomic mass is 32.2. The Morgan fingerprint density at radius 1 is 0.852 bits per heavy atom. The van der Waals surface area contributed by atoms with Crippen LogP contribution in [0.15, 0.2) is 71.6 Å². The summed E-state index contributed by atoms with van der Waals surface area (Å²) < 4.78 is 53.3. The first-order valence-corrected chi connectivity index (χ1v) is 9.60. The van der Waals surface area contributed by atoms with E-state index in [0.717, 1.165) is 5.39 Å². The minimum atomic E-state index is -4.50. The predicted molar refractivity (Wildman–Crippen MR) is 103 cm³/mol. The van der Waals surface area contributed by atoms with Crippen LogP contribution in [0.5, 0.6) is 5.75 Å². The third kappa shape index (κ3) is 2.93. The molecule has 0 aliphatic heterocycles. The maximum atomic E-state index is 13.7. The summed E-state index contributed by atoms with van der Waals surface area (Å²) in [7, 11) is -3.03. The van der Waals surface area contributed by atoms with Crippen molar-refractivity contribution in [2.75, 3.05) is 7.11 Å². The van der Waals surface area contributed by atoms with Crippen LogP contribution in [0.4, 0.5) is 4.39 Å². The summed E-state index contributed by atoms with van der Waals surface area (Å²) in [5.41, 5.74) is 0.809. The minimum absolute atomic E-state index is 0.226. The van der Waals surface area contributed by atoms with Gasteiger partial charge in [-0.2, -0.15) is 8.42 Å². The van der Waals surface area contributed by atoms with Gasteiger partial charge in [0.05, 0.1) is 7.11 Å². The summed E-state index contributed by atoms with van der Waals surface area (Å²) >= 11 is 0. The fourth-order valence-electron chi connectivity index (χ4n) is 3.43. The van der Waals surface area contributed by atoms with Gasteiger partial charge < -0.3 is 4.74 Å². The lowest BCUT2D eigenvalue weighted by Gasteiger charge is -2.17. The molecule has 0 aliphatic rings. The zero-order valence-corrected chi connectivity index (χ0v) is 15.1. The molecule has 0 saturated carbocycles. The van der Waals surface area contributed by atoms with Gasteiger partial charge in [-0.25, -0.2) is 4.39 Å². The van der Waals surface area contributed by atoms with Crippen molar-refractivity contribution in [3.05, 3.63) is 72.5 Å². The summed E-state index contributed by atoms with van der Waals surface area (Å²) in [5.74, 6) is 0.0295. The number of fused-ring (bicyclic) bond motifs is 2. The zero-order chi connectivity index (χ0) is 19.2. The number of benzene rings is 4. The second-order valence-corrected chi connectivity index (χ2v) is 7.53. The van der Waals surface area contributed by atoms with Crippen LogP contribution in [0.25, 0.3) is 32.7 Å². The molecule has 0 aliphatic carbocycles. The van der Waals surface area contributed by atoms with Crippen molar-refractivity contribution >= 4 is 31.7 Å². The Kier molecular flexibility index (Phi) is 4.09. The maximum Gasteiger partial charge on any atom is 0.295 e. The maximum absolute atomic E-state index is 13.7. The molecule has 0 radical (unpaired) electrons. The van der Waals surface area contributed by atoms with Gasteiger partial charge in [0.15, 0.2) is 0 Å². The van der Waals surface area contributed by atoms with Crippen LogP contribution < -0.4 is 4.74 Å². The standard InChI is InChI=1S/C21H15FO4S/c1-26-18-10-6-14-12-15(22)8-9-17(14)20(18)21-16-5-3-2-4-13(16)7-11-19(21)27(23,24)25/h2-12H,1H3,(H,23,24,25). The van der Waals surface area contributed by atoms with Gasteiger partial charge in [-0.1, -0.05) is 42.5 Å². The van der Waals surface area contributed by atoms with Crippen LogP contribution >= 0.6 is 0 Å². The van der Waals surface area contributed by atoms with Gasteiger partial charge in [-0.05, 0) is 45.8 Å². The van der Waals surface area contributed by atoms with E-state index in [4.69, 9.17) is 4.74 Å². The van der Waals surface area contributed by atoms with E-state index in [1.165, 1.54) is 25.3 Å². The van der Waals surface area contributed by atoms with Crippen molar-refractivity contribution in [3.8, 4) is 16.9 Å². The number of methoxy groups -OCH3 is 1. The van der Waals surface area contributed by atoms with Crippen LogP contribution in [0.3, 0.4) is 0 Å². The minimum Gasteiger partial charge on any atom is -0.496 e. The zero-order valence-electron chi connectivity index (χ0n) is 14.3. The summed E-state index contributed by atoms with van der Waals surface area (Å²) in [5, 5.41) is 2.67. The van der Waals surface area contributed by atoms with Crippen LogP contribution in [0.1, 0.15) is 0 Å². The van der Waals surface area contributed by atoms with Gasteiger partial charge in [-0.15, -0.1) is 0 Å². The smallest absolute Gasteiger partial charge is 0.295 e. The molecule has 0 unspecified atom stereocenters. The van der Waals surface area contributed by atoms with E-state index in [1.54, 1.807) is 36.4 Å². The molecule has 0 atom stereocenters. The second-order valence-electron chi connectivity index (χ2n) is 6.14. The van der Waals surface area contributed by atoms with E-state index in [9.17, 15) is 17.4 Å². The Hall–Kier alpha value is -2.96. The van der Waals surface area contributed by atoms with Crippen molar-refractivity contribution in [2.45, 2.75) is 4.90 Å². The molecular formula is C21H15FO4S. The molecule has 0 heterocycles. The third-order valence-electron chi connectivity index (χ3n) is 4.58. The SMILES string of the molecule is COc1ccc2cc(F)ccc2c1-c1c(S(=O)(=O)O)ccc2ccccc12. The molecule has 0 aromatic heterocycles. The first-order chi connectivity index (χ1) is 12.9. The number of rotatable bonds is 3. The molecule has 27 heavy (non-hydrogen) atoms. The first-order valence-electron chi connectivity index (χ1n) is 8.16. The lowest BCUT2D eigenvalue weighted by atomic mass is 9.93. The topological polar surface area (TPSA) is 63.6 Å². The normalized spacial score (nSPS) is 11.8. The van der Waals surface area contributed by atoms with Gasteiger partial charge in [0.25, 0.3) is 10.1 Å². The Morgan fingerprint density at radius 2 is 1.56 bits per heavy atom. The van der Waals surface area contributed by atoms with Gasteiger partial charge in [0, 0.05) is 11.1 Å². The van der Waals surface area contributed by atoms with Crippen LogP contribution in [0.2, 0.25) is 0 Å². The molecular weight excluding hydrogens is 367 g/mol. The van der Waals surface area contributed by atoms with E-state index >= 15 is 0 Å². The van der Waals surface area contributed by atoms with E-state index in [2.05, 4.69) is 0 Å². The summed E-state index contributed by atoms with van der Waals surface area (Å²) in [6.07, 6.45) is 0. The summed E-state index contributed by atoms with van der Waals surface area (Å²) in [6, 6.07) is 17.9. The quantitative estimate of drug-likeness (QED) is 0.504. The van der Waals surface area contributed by atoms with Crippen molar-refractivity contribution in [3.63, 3.8) is 0 Å². The number of hydrogen-bond acceptors (Lipinski definition) is 3. The molecule has 0 saturated heterocycles. The van der Waals surface area contributed by atoms with Crippen LogP contribution in [-0.2, 0) is 10.1 Å². The predicted octanol–water partition coefficient (Wildman–Crippen LogP) is 5.05. The molecule has 4 aromatic rings. The molecule has 4 aromatic carbocycles. The third-order valence-corrected chi connectivity index (χ3v) is 5.48. The van der Waals surface area contributed by atoms with Gasteiger partial charge in [0.2, 0.25) is 0 Å². The first kappa shape index (κ1) is 17.5. The van der Waals surface area contributed by atoms with Crippen molar-refractivity contribution in [2.24, 2.45) is 0 Å². The van der Waals surface area contributed by atoms with Crippen molar-refractivity contribution in [1.82, 2.24) is 0 Å². The van der Waals surface area contributed by atoms with E-state index in [-0.39, 0.29) is 4.90 Å². The lowest BCUT2D eigenvalue weighted by Crippen LogP contribution is -2.03. The Balaban J connectivity index is 2.26. The fourth-order valence-corrected chi connectivity index (χ4v) is 4.14. The van der Waals surface area contributed by atoms with Crippen LogP contribution in [-0.4, -0.2) is 20.1 Å². The highest BCUT2D eigenvalue weighted by Gasteiger charge is 2.23. The molecule has 136 valence electrons. The van der Waals surface area contributed by atoms with Crippen LogP contribution in [0, 0.1) is 5.82 Å². The highest BCUT2D eigenvalue weighted by Crippen LogP contribution is 2.43. The second kappa shape index (κ2) is 6.33. The highest BCUT2D eigenvalue weighted by molar-refractivity contribution is 7.86. The van der Waals surface area contributed by atoms with Gasteiger partial charge in [-0.3, -0.25) is 4.55 Å². The van der Waals surface area contributed by atoms with E-state index < -0.39 is 15.9 Å². The number of halogens is 1. The molecule has 0 bridgehead atoms. The van der Waals surface area contributed by atoms with E-state index in [1.807, 2.05) is 12.1 Å². The Labute approximate surface area is 155 Å². The number of hydrogen-bond donors (Lipinski definition) is 1. The average molecular weight is 382 g/mol.